The number of ether oxygens (including phenoxy) is 1. The minimum Gasteiger partial charge on any atom is -0.507 e. The second kappa shape index (κ2) is 7.35. The smallest absolute Gasteiger partial charge is 0.294 e. The van der Waals surface area contributed by atoms with E-state index in [0.29, 0.717) is 21.8 Å². The van der Waals surface area contributed by atoms with Crippen LogP contribution in [-0.2, 0) is 0 Å². The van der Waals surface area contributed by atoms with Crippen molar-refractivity contribution in [3.8, 4) is 27.2 Å². The minimum absolute atomic E-state index is 0.137. The fourth-order valence-corrected chi connectivity index (χ4v) is 5.95. The van der Waals surface area contributed by atoms with Crippen molar-refractivity contribution in [3.63, 3.8) is 0 Å². The van der Waals surface area contributed by atoms with Crippen molar-refractivity contribution in [1.82, 2.24) is 25.3 Å². The van der Waals surface area contributed by atoms with Crippen LogP contribution in [-0.4, -0.2) is 42.8 Å². The van der Waals surface area contributed by atoms with Gasteiger partial charge >= 0.3 is 0 Å². The molecule has 7 nitrogen and oxygen atoms in total. The Kier molecular flexibility index (Phi) is 4.78. The molecule has 2 aliphatic rings. The normalized spacial score (nSPS) is 28.4. The van der Waals surface area contributed by atoms with E-state index in [0.717, 1.165) is 30.1 Å². The fraction of sp³-hybridized carbons (Fsp3) is 0.500. The lowest BCUT2D eigenvalue weighted by Gasteiger charge is -2.49. The zero-order valence-corrected chi connectivity index (χ0v) is 18.3. The van der Waals surface area contributed by atoms with Gasteiger partial charge in [-0.05, 0) is 57.2 Å². The summed E-state index contributed by atoms with van der Waals surface area (Å²) in [5, 5.41) is 28.5. The summed E-state index contributed by atoms with van der Waals surface area (Å²) < 4.78 is 7.98. The molecule has 3 aromatic rings. The van der Waals surface area contributed by atoms with Crippen LogP contribution in [0.25, 0.3) is 16.3 Å². The summed E-state index contributed by atoms with van der Waals surface area (Å²) >= 11 is 1.38. The van der Waals surface area contributed by atoms with Gasteiger partial charge in [0.25, 0.3) is 5.19 Å². The molecule has 2 saturated heterocycles. The number of aromatic nitrogens is 4. The maximum atomic E-state index is 10.6. The van der Waals surface area contributed by atoms with E-state index in [1.807, 2.05) is 31.3 Å². The molecule has 0 saturated carbocycles. The van der Waals surface area contributed by atoms with Gasteiger partial charge in [0, 0.05) is 30.3 Å². The van der Waals surface area contributed by atoms with Crippen molar-refractivity contribution in [2.45, 2.75) is 64.1 Å². The zero-order chi connectivity index (χ0) is 20.9. The molecule has 4 atom stereocenters. The van der Waals surface area contributed by atoms with Crippen LogP contribution in [0.3, 0.4) is 0 Å². The third kappa shape index (κ3) is 3.81. The predicted octanol–water partition coefficient (Wildman–Crippen LogP) is 4.09. The van der Waals surface area contributed by atoms with E-state index in [9.17, 15) is 5.11 Å². The van der Waals surface area contributed by atoms with Crippen molar-refractivity contribution in [1.29, 1.82) is 0 Å². The molecule has 4 heterocycles. The maximum absolute atomic E-state index is 10.6. The summed E-state index contributed by atoms with van der Waals surface area (Å²) in [6.07, 6.45) is 6.38. The highest BCUT2D eigenvalue weighted by Crippen LogP contribution is 2.40. The predicted molar refractivity (Wildman–Crippen MR) is 116 cm³/mol. The number of phenolic OH excluding ortho intramolecular Hbond substituents is 1. The number of piperidine rings is 2. The molecule has 2 bridgehead atoms. The van der Waals surface area contributed by atoms with Crippen LogP contribution in [0.1, 0.15) is 45.2 Å². The highest BCUT2D eigenvalue weighted by Gasteiger charge is 2.42. The molecule has 2 fully saturated rings. The van der Waals surface area contributed by atoms with Gasteiger partial charge in [-0.3, -0.25) is 0 Å². The Labute approximate surface area is 180 Å². The van der Waals surface area contributed by atoms with Gasteiger partial charge in [0.15, 0.2) is 5.01 Å². The van der Waals surface area contributed by atoms with Gasteiger partial charge in [-0.25, -0.2) is 4.68 Å². The lowest BCUT2D eigenvalue weighted by molar-refractivity contribution is 0.0328. The van der Waals surface area contributed by atoms with Crippen molar-refractivity contribution >= 4 is 11.3 Å². The van der Waals surface area contributed by atoms with E-state index in [2.05, 4.69) is 34.5 Å². The largest absolute Gasteiger partial charge is 0.507 e. The summed E-state index contributed by atoms with van der Waals surface area (Å²) in [6, 6.07) is 7.89. The van der Waals surface area contributed by atoms with Gasteiger partial charge < -0.3 is 15.2 Å². The Balaban J connectivity index is 1.31. The van der Waals surface area contributed by atoms with Crippen LogP contribution >= 0.6 is 11.3 Å². The van der Waals surface area contributed by atoms with E-state index < -0.39 is 0 Å². The maximum Gasteiger partial charge on any atom is 0.294 e. The van der Waals surface area contributed by atoms with E-state index in [-0.39, 0.29) is 17.4 Å². The lowest BCUT2D eigenvalue weighted by atomic mass is 9.72. The van der Waals surface area contributed by atoms with Crippen LogP contribution in [0.5, 0.6) is 10.9 Å². The second-order valence-electron chi connectivity index (χ2n) is 9.10. The number of phenols is 1. The fourth-order valence-electron chi connectivity index (χ4n) is 5.15. The monoisotopic (exact) mass is 425 g/mol. The third-order valence-electron chi connectivity index (χ3n) is 6.14. The van der Waals surface area contributed by atoms with Crippen LogP contribution in [0.4, 0.5) is 0 Å². The molecule has 0 spiro atoms. The number of hydrogen-bond donors (Lipinski definition) is 2. The van der Waals surface area contributed by atoms with Crippen LogP contribution < -0.4 is 10.1 Å². The molecule has 1 aromatic carbocycles. The molecule has 2 aliphatic heterocycles. The molecular weight excluding hydrogens is 398 g/mol. The number of nitrogens with one attached hydrogen (secondary N) is 1. The van der Waals surface area contributed by atoms with Crippen molar-refractivity contribution in [2.24, 2.45) is 5.92 Å². The molecule has 0 aliphatic carbocycles. The summed E-state index contributed by atoms with van der Waals surface area (Å²) in [4.78, 5) is 0. The Morgan fingerprint density at radius 1 is 1.23 bits per heavy atom. The summed E-state index contributed by atoms with van der Waals surface area (Å²) in [6.45, 7) is 6.58. The van der Waals surface area contributed by atoms with Crippen LogP contribution in [0.15, 0.2) is 30.5 Å². The SMILES string of the molecule is Cc1ccn(-c2ccc(-c3nnc(OC4CC5CC(C)CC(C)(C4)N5)s3)c(O)c2)n1. The number of nitrogens with zero attached hydrogens (tertiary/aromatic N) is 4. The lowest BCUT2D eigenvalue weighted by Crippen LogP contribution is -2.60. The first-order valence-corrected chi connectivity index (χ1v) is 11.3. The molecule has 30 heavy (non-hydrogen) atoms. The van der Waals surface area contributed by atoms with Gasteiger partial charge in [-0.2, -0.15) is 5.10 Å². The number of benzene rings is 1. The van der Waals surface area contributed by atoms with Crippen molar-refractivity contribution in [2.75, 3.05) is 0 Å². The molecule has 0 amide bonds. The molecular formula is C22H27N5O2S. The number of aromatic hydroxyl groups is 1. The Morgan fingerprint density at radius 2 is 2.10 bits per heavy atom. The first-order chi connectivity index (χ1) is 14.4. The average Bonchev–Trinajstić information content (AvgIpc) is 3.29. The highest BCUT2D eigenvalue weighted by molar-refractivity contribution is 7.16. The molecule has 2 N–H and O–H groups in total. The molecule has 4 unspecified atom stereocenters. The number of hydrogen-bond acceptors (Lipinski definition) is 7. The number of aryl methyl sites for hydroxylation is 1. The number of rotatable bonds is 4. The van der Waals surface area contributed by atoms with Gasteiger partial charge in [0.2, 0.25) is 0 Å². The van der Waals surface area contributed by atoms with Gasteiger partial charge in [-0.1, -0.05) is 23.4 Å². The standard InChI is InChI=1S/C22H27N5O2S/c1-13-8-15-9-17(12-22(3,11-13)23-15)29-21-25-24-20(30-21)18-5-4-16(10-19(18)28)27-7-6-14(2)26-27/h4-7,10,13,15,17,23,28H,8-9,11-12H2,1-3H3. The quantitative estimate of drug-likeness (QED) is 0.655. The molecule has 158 valence electrons. The third-order valence-corrected chi connectivity index (χ3v) is 6.98. The van der Waals surface area contributed by atoms with Gasteiger partial charge in [0.1, 0.15) is 11.9 Å². The Bertz CT molecular complexity index is 1060. The zero-order valence-electron chi connectivity index (χ0n) is 17.5. The molecule has 0 radical (unpaired) electrons. The van der Waals surface area contributed by atoms with E-state index >= 15 is 0 Å². The molecule has 2 aromatic heterocycles. The van der Waals surface area contributed by atoms with E-state index in [4.69, 9.17) is 4.74 Å². The van der Waals surface area contributed by atoms with Crippen molar-refractivity contribution in [3.05, 3.63) is 36.2 Å². The first-order valence-electron chi connectivity index (χ1n) is 10.5. The van der Waals surface area contributed by atoms with E-state index in [1.165, 1.54) is 24.2 Å². The second-order valence-corrected chi connectivity index (χ2v) is 10.0. The van der Waals surface area contributed by atoms with Crippen LogP contribution in [0.2, 0.25) is 0 Å². The van der Waals surface area contributed by atoms with Crippen molar-refractivity contribution < 1.29 is 9.84 Å². The topological polar surface area (TPSA) is 85.1 Å². The number of fused-ring (bicyclic) bond motifs is 2. The first kappa shape index (κ1) is 19.5. The van der Waals surface area contributed by atoms with Gasteiger partial charge in [-0.15, -0.1) is 5.10 Å². The highest BCUT2D eigenvalue weighted by atomic mass is 32.1. The summed E-state index contributed by atoms with van der Waals surface area (Å²) in [5.74, 6) is 0.910. The average molecular weight is 426 g/mol. The minimum atomic E-state index is 0.137. The van der Waals surface area contributed by atoms with Gasteiger partial charge in [0.05, 0.1) is 16.9 Å². The van der Waals surface area contributed by atoms with Crippen LogP contribution in [0, 0.1) is 12.8 Å². The Hall–Kier alpha value is -2.45. The molecule has 5 rings (SSSR count). The Morgan fingerprint density at radius 3 is 2.83 bits per heavy atom. The molecule has 8 heteroatoms. The summed E-state index contributed by atoms with van der Waals surface area (Å²) in [7, 11) is 0. The van der Waals surface area contributed by atoms with E-state index in [1.54, 1.807) is 10.7 Å². The summed E-state index contributed by atoms with van der Waals surface area (Å²) in [5.41, 5.74) is 2.51.